The van der Waals surface area contributed by atoms with Gasteiger partial charge in [0.2, 0.25) is 0 Å². The van der Waals surface area contributed by atoms with E-state index in [-0.39, 0.29) is 11.6 Å². The van der Waals surface area contributed by atoms with Gasteiger partial charge in [-0.1, -0.05) is 12.1 Å². The highest BCUT2D eigenvalue weighted by molar-refractivity contribution is 5.71. The Bertz CT molecular complexity index is 495. The average molecular weight is 250 g/mol. The summed E-state index contributed by atoms with van der Waals surface area (Å²) in [7, 11) is 0. The predicted molar refractivity (Wildman–Crippen MR) is 64.2 cm³/mol. The second-order valence-corrected chi connectivity index (χ2v) is 4.55. The number of rotatable bonds is 4. The van der Waals surface area contributed by atoms with Crippen LogP contribution in [-0.4, -0.2) is 34.0 Å². The Kier molecular flexibility index (Phi) is 3.29. The minimum absolute atomic E-state index is 0.114. The van der Waals surface area contributed by atoms with Gasteiger partial charge >= 0.3 is 5.97 Å². The SMILES string of the molecule is Cc1c(CN2CC(C(=O)O)C2)cccc1[N+](=O)[O-]. The summed E-state index contributed by atoms with van der Waals surface area (Å²) in [4.78, 5) is 23.1. The van der Waals surface area contributed by atoms with E-state index in [0.29, 0.717) is 25.2 Å². The lowest BCUT2D eigenvalue weighted by Gasteiger charge is -2.36. The number of benzene rings is 1. The Morgan fingerprint density at radius 2 is 2.22 bits per heavy atom. The van der Waals surface area contributed by atoms with Crippen molar-refractivity contribution in [3.8, 4) is 0 Å². The average Bonchev–Trinajstić information content (AvgIpc) is 2.23. The zero-order valence-corrected chi connectivity index (χ0v) is 10.00. The van der Waals surface area contributed by atoms with Crippen LogP contribution in [0.4, 0.5) is 5.69 Å². The van der Waals surface area contributed by atoms with Crippen molar-refractivity contribution in [2.24, 2.45) is 5.92 Å². The number of hydrogen-bond acceptors (Lipinski definition) is 4. The van der Waals surface area contributed by atoms with Gasteiger partial charge in [-0.3, -0.25) is 19.8 Å². The molecule has 0 aliphatic carbocycles. The third kappa shape index (κ3) is 2.33. The van der Waals surface area contributed by atoms with Crippen molar-refractivity contribution < 1.29 is 14.8 Å². The highest BCUT2D eigenvalue weighted by Gasteiger charge is 2.32. The fraction of sp³-hybridized carbons (Fsp3) is 0.417. The number of likely N-dealkylation sites (tertiary alicyclic amines) is 1. The van der Waals surface area contributed by atoms with E-state index >= 15 is 0 Å². The van der Waals surface area contributed by atoms with E-state index in [1.165, 1.54) is 6.07 Å². The van der Waals surface area contributed by atoms with Crippen LogP contribution in [0, 0.1) is 23.0 Å². The van der Waals surface area contributed by atoms with Crippen LogP contribution < -0.4 is 0 Å². The van der Waals surface area contributed by atoms with Crippen molar-refractivity contribution >= 4 is 11.7 Å². The lowest BCUT2D eigenvalue weighted by Crippen LogP contribution is -2.49. The molecule has 0 aromatic heterocycles. The summed E-state index contributed by atoms with van der Waals surface area (Å²) in [5, 5.41) is 19.6. The zero-order valence-electron chi connectivity index (χ0n) is 10.00. The molecule has 1 aromatic rings. The Morgan fingerprint density at radius 1 is 1.56 bits per heavy atom. The molecule has 1 aliphatic rings. The predicted octanol–water partition coefficient (Wildman–Crippen LogP) is 1.42. The largest absolute Gasteiger partial charge is 0.481 e. The number of carbonyl (C=O) groups is 1. The highest BCUT2D eigenvalue weighted by atomic mass is 16.6. The minimum atomic E-state index is -0.776. The van der Waals surface area contributed by atoms with Crippen molar-refractivity contribution in [1.29, 1.82) is 0 Å². The quantitative estimate of drug-likeness (QED) is 0.645. The van der Waals surface area contributed by atoms with Crippen LogP contribution in [0.2, 0.25) is 0 Å². The number of nitro groups is 1. The summed E-state index contributed by atoms with van der Waals surface area (Å²) in [5.74, 6) is -1.08. The van der Waals surface area contributed by atoms with Gasteiger partial charge in [-0.15, -0.1) is 0 Å². The number of aliphatic carboxylic acids is 1. The smallest absolute Gasteiger partial charge is 0.309 e. The van der Waals surface area contributed by atoms with Crippen molar-refractivity contribution in [1.82, 2.24) is 4.90 Å². The van der Waals surface area contributed by atoms with Crippen molar-refractivity contribution in [3.63, 3.8) is 0 Å². The lowest BCUT2D eigenvalue weighted by atomic mass is 9.98. The molecule has 0 amide bonds. The number of nitrogens with zero attached hydrogens (tertiary/aromatic N) is 2. The fourth-order valence-corrected chi connectivity index (χ4v) is 2.14. The Balaban J connectivity index is 2.05. The third-order valence-electron chi connectivity index (χ3n) is 3.31. The summed E-state index contributed by atoms with van der Waals surface area (Å²) < 4.78 is 0. The Hall–Kier alpha value is -1.95. The number of nitro benzene ring substituents is 1. The topological polar surface area (TPSA) is 83.7 Å². The van der Waals surface area contributed by atoms with Gasteiger partial charge in [-0.25, -0.2) is 0 Å². The van der Waals surface area contributed by atoms with Crippen molar-refractivity contribution in [2.75, 3.05) is 13.1 Å². The van der Waals surface area contributed by atoms with Gasteiger partial charge in [-0.05, 0) is 12.5 Å². The minimum Gasteiger partial charge on any atom is -0.481 e. The molecule has 1 aromatic carbocycles. The van der Waals surface area contributed by atoms with Gasteiger partial charge in [0.1, 0.15) is 0 Å². The normalized spacial score (nSPS) is 16.3. The first-order valence-electron chi connectivity index (χ1n) is 5.67. The van der Waals surface area contributed by atoms with Gasteiger partial charge < -0.3 is 5.11 Å². The van der Waals surface area contributed by atoms with Crippen LogP contribution in [0.25, 0.3) is 0 Å². The molecule has 0 spiro atoms. The molecule has 6 nitrogen and oxygen atoms in total. The summed E-state index contributed by atoms with van der Waals surface area (Å²) in [5.41, 5.74) is 1.65. The standard InChI is InChI=1S/C12H14N2O4/c1-8-9(3-2-4-11(8)14(17)18)5-13-6-10(7-13)12(15)16/h2-4,10H,5-7H2,1H3,(H,15,16). The molecule has 0 atom stereocenters. The molecule has 96 valence electrons. The molecule has 1 fully saturated rings. The molecule has 1 heterocycles. The molecule has 2 rings (SSSR count). The zero-order chi connectivity index (χ0) is 13.3. The molecule has 6 heteroatoms. The highest BCUT2D eigenvalue weighted by Crippen LogP contribution is 2.25. The van der Waals surface area contributed by atoms with Gasteiger partial charge in [0.25, 0.3) is 5.69 Å². The number of carboxylic acids is 1. The molecule has 1 N–H and O–H groups in total. The van der Waals surface area contributed by atoms with Crippen LogP contribution >= 0.6 is 0 Å². The lowest BCUT2D eigenvalue weighted by molar-refractivity contribution is -0.385. The third-order valence-corrected chi connectivity index (χ3v) is 3.31. The molecule has 1 saturated heterocycles. The monoisotopic (exact) mass is 250 g/mol. The van der Waals surface area contributed by atoms with Crippen molar-refractivity contribution in [2.45, 2.75) is 13.5 Å². The van der Waals surface area contributed by atoms with Crippen LogP contribution in [0.1, 0.15) is 11.1 Å². The van der Waals surface area contributed by atoms with Crippen LogP contribution in [0.3, 0.4) is 0 Å². The second-order valence-electron chi connectivity index (χ2n) is 4.55. The van der Waals surface area contributed by atoms with Gasteiger partial charge in [0, 0.05) is 31.3 Å². The molecule has 0 saturated carbocycles. The maximum Gasteiger partial charge on any atom is 0.309 e. The summed E-state index contributed by atoms with van der Waals surface area (Å²) in [6, 6.07) is 4.99. The van der Waals surface area contributed by atoms with Crippen molar-refractivity contribution in [3.05, 3.63) is 39.4 Å². The molecule has 18 heavy (non-hydrogen) atoms. The first-order chi connectivity index (χ1) is 8.49. The van der Waals surface area contributed by atoms with Gasteiger partial charge in [0.15, 0.2) is 0 Å². The molecule has 0 radical (unpaired) electrons. The number of hydrogen-bond donors (Lipinski definition) is 1. The van der Waals surface area contributed by atoms with E-state index in [1.54, 1.807) is 13.0 Å². The molecule has 0 unspecified atom stereocenters. The molecule has 0 bridgehead atoms. The second kappa shape index (κ2) is 4.73. The van der Waals surface area contributed by atoms with E-state index in [9.17, 15) is 14.9 Å². The summed E-state index contributed by atoms with van der Waals surface area (Å²) >= 11 is 0. The number of carboxylic acid groups (broad SMARTS) is 1. The van der Waals surface area contributed by atoms with Gasteiger partial charge in [0.05, 0.1) is 10.8 Å². The molecule has 1 aliphatic heterocycles. The summed E-state index contributed by atoms with van der Waals surface area (Å²) in [6.07, 6.45) is 0. The van der Waals surface area contributed by atoms with E-state index in [1.807, 2.05) is 11.0 Å². The maximum absolute atomic E-state index is 10.8. The van der Waals surface area contributed by atoms with Crippen LogP contribution in [0.5, 0.6) is 0 Å². The van der Waals surface area contributed by atoms with E-state index in [4.69, 9.17) is 5.11 Å². The Morgan fingerprint density at radius 3 is 2.78 bits per heavy atom. The van der Waals surface area contributed by atoms with Gasteiger partial charge in [-0.2, -0.15) is 0 Å². The first kappa shape index (κ1) is 12.5. The fourth-order valence-electron chi connectivity index (χ4n) is 2.14. The Labute approximate surface area is 104 Å². The molecular weight excluding hydrogens is 236 g/mol. The maximum atomic E-state index is 10.8. The van der Waals surface area contributed by atoms with E-state index < -0.39 is 10.9 Å². The van der Waals surface area contributed by atoms with Crippen LogP contribution in [-0.2, 0) is 11.3 Å². The first-order valence-corrected chi connectivity index (χ1v) is 5.67. The van der Waals surface area contributed by atoms with E-state index in [2.05, 4.69) is 0 Å². The summed E-state index contributed by atoms with van der Waals surface area (Å²) in [6.45, 7) is 3.31. The van der Waals surface area contributed by atoms with Crippen LogP contribution in [0.15, 0.2) is 18.2 Å². The van der Waals surface area contributed by atoms with E-state index in [0.717, 1.165) is 5.56 Å². The molecular formula is C12H14N2O4.